The van der Waals surface area contributed by atoms with E-state index in [-0.39, 0.29) is 17.7 Å². The van der Waals surface area contributed by atoms with Gasteiger partial charge in [-0.2, -0.15) is 0 Å². The largest absolute Gasteiger partial charge is 0.507 e. The Labute approximate surface area is 114 Å². The van der Waals surface area contributed by atoms with Gasteiger partial charge in [0.1, 0.15) is 5.75 Å². The quantitative estimate of drug-likeness (QED) is 0.797. The minimum Gasteiger partial charge on any atom is -0.507 e. The highest BCUT2D eigenvalue weighted by Gasteiger charge is 2.22. The fourth-order valence-corrected chi connectivity index (χ4v) is 2.50. The van der Waals surface area contributed by atoms with Crippen LogP contribution in [0.25, 0.3) is 0 Å². The maximum atomic E-state index is 12.0. The van der Waals surface area contributed by atoms with Gasteiger partial charge in [-0.05, 0) is 60.8 Å². The molecule has 1 aromatic carbocycles. The van der Waals surface area contributed by atoms with Gasteiger partial charge >= 0.3 is 0 Å². The van der Waals surface area contributed by atoms with Crippen LogP contribution in [-0.2, 0) is 0 Å². The first-order valence-corrected chi connectivity index (χ1v) is 6.62. The van der Waals surface area contributed by atoms with E-state index in [1.165, 1.54) is 0 Å². The molecule has 1 saturated heterocycles. The molecule has 1 amide bonds. The monoisotopic (exact) mass is 346 g/mol. The summed E-state index contributed by atoms with van der Waals surface area (Å²) in [6, 6.07) is 5.21. The highest BCUT2D eigenvalue weighted by Crippen LogP contribution is 2.20. The van der Waals surface area contributed by atoms with Gasteiger partial charge < -0.3 is 15.3 Å². The maximum Gasteiger partial charge on any atom is 0.255 e. The van der Waals surface area contributed by atoms with Crippen LogP contribution in [0.15, 0.2) is 18.2 Å². The van der Waals surface area contributed by atoms with Crippen molar-refractivity contribution in [1.29, 1.82) is 0 Å². The molecule has 1 heterocycles. The van der Waals surface area contributed by atoms with Crippen LogP contribution in [0, 0.1) is 3.57 Å². The topological polar surface area (TPSA) is 52.6 Å². The zero-order valence-electron chi connectivity index (χ0n) is 9.61. The summed E-state index contributed by atoms with van der Waals surface area (Å²) in [7, 11) is 2.04. The van der Waals surface area contributed by atoms with E-state index in [0.717, 1.165) is 23.1 Å². The lowest BCUT2D eigenvalue weighted by Crippen LogP contribution is -2.36. The van der Waals surface area contributed by atoms with Crippen LogP contribution < -0.4 is 5.32 Å². The lowest BCUT2D eigenvalue weighted by atomic mass is 10.1. The third-order valence-corrected chi connectivity index (χ3v) is 3.60. The Bertz CT molecular complexity index is 437. The van der Waals surface area contributed by atoms with Crippen LogP contribution in [0.2, 0.25) is 0 Å². The summed E-state index contributed by atoms with van der Waals surface area (Å²) < 4.78 is 0.939. The second-order valence-electron chi connectivity index (χ2n) is 4.38. The number of hydrogen-bond acceptors (Lipinski definition) is 3. The Morgan fingerprint density at radius 1 is 1.59 bits per heavy atom. The average molecular weight is 346 g/mol. The van der Waals surface area contributed by atoms with Crippen LogP contribution in [0.5, 0.6) is 5.75 Å². The Kier molecular flexibility index (Phi) is 3.88. The molecule has 0 bridgehead atoms. The van der Waals surface area contributed by atoms with E-state index >= 15 is 0 Å². The van der Waals surface area contributed by atoms with Crippen molar-refractivity contribution in [2.45, 2.75) is 12.5 Å². The molecule has 1 fully saturated rings. The van der Waals surface area contributed by atoms with E-state index in [9.17, 15) is 9.90 Å². The lowest BCUT2D eigenvalue weighted by molar-refractivity contribution is 0.0935. The first kappa shape index (κ1) is 12.6. The number of phenolic OH excluding ortho intramolecular Hbond substituents is 1. The molecule has 17 heavy (non-hydrogen) atoms. The molecule has 1 unspecified atom stereocenters. The van der Waals surface area contributed by atoms with Gasteiger partial charge in [0.05, 0.1) is 5.56 Å². The Balaban J connectivity index is 2.06. The molecule has 1 atom stereocenters. The number of nitrogens with one attached hydrogen (secondary N) is 1. The molecule has 4 nitrogen and oxygen atoms in total. The van der Waals surface area contributed by atoms with E-state index < -0.39 is 0 Å². The van der Waals surface area contributed by atoms with Gasteiger partial charge in [0, 0.05) is 16.2 Å². The number of carbonyl (C=O) groups is 1. The summed E-state index contributed by atoms with van der Waals surface area (Å²) in [5.74, 6) is -0.157. The number of rotatable bonds is 2. The summed E-state index contributed by atoms with van der Waals surface area (Å²) in [5.41, 5.74) is 0.353. The van der Waals surface area contributed by atoms with Crippen LogP contribution in [0.3, 0.4) is 0 Å². The van der Waals surface area contributed by atoms with Crippen LogP contribution >= 0.6 is 22.6 Å². The SMILES string of the molecule is CN1CCC(NC(=O)c2cc(I)ccc2O)C1. The van der Waals surface area contributed by atoms with Gasteiger partial charge in [-0.15, -0.1) is 0 Å². The number of aromatic hydroxyl groups is 1. The number of likely N-dealkylation sites (tertiary alicyclic amines) is 1. The summed E-state index contributed by atoms with van der Waals surface area (Å²) >= 11 is 2.12. The lowest BCUT2D eigenvalue weighted by Gasteiger charge is -2.13. The highest BCUT2D eigenvalue weighted by atomic mass is 127. The minimum absolute atomic E-state index is 0.0364. The second kappa shape index (κ2) is 5.22. The zero-order chi connectivity index (χ0) is 12.4. The fourth-order valence-electron chi connectivity index (χ4n) is 2.01. The number of benzene rings is 1. The number of carbonyl (C=O) groups excluding carboxylic acids is 1. The van der Waals surface area contributed by atoms with Crippen LogP contribution in [-0.4, -0.2) is 42.1 Å². The highest BCUT2D eigenvalue weighted by molar-refractivity contribution is 14.1. The number of nitrogens with zero attached hydrogens (tertiary/aromatic N) is 1. The molecule has 2 N–H and O–H groups in total. The number of amides is 1. The Morgan fingerprint density at radius 2 is 2.35 bits per heavy atom. The summed E-state index contributed by atoms with van der Waals surface area (Å²) in [6.07, 6.45) is 0.965. The van der Waals surface area contributed by atoms with Crippen LogP contribution in [0.1, 0.15) is 16.8 Å². The maximum absolute atomic E-state index is 12.0. The van der Waals surface area contributed by atoms with E-state index in [1.807, 2.05) is 7.05 Å². The Morgan fingerprint density at radius 3 is 3.00 bits per heavy atom. The molecule has 92 valence electrons. The van der Waals surface area contributed by atoms with Gasteiger partial charge in [0.25, 0.3) is 5.91 Å². The van der Waals surface area contributed by atoms with Crippen molar-refractivity contribution in [3.05, 3.63) is 27.3 Å². The second-order valence-corrected chi connectivity index (χ2v) is 5.63. The third kappa shape index (κ3) is 3.10. The molecular weight excluding hydrogens is 331 g/mol. The molecule has 2 rings (SSSR count). The summed E-state index contributed by atoms with van der Waals surface area (Å²) in [5, 5.41) is 12.6. The molecule has 0 spiro atoms. The fraction of sp³-hybridized carbons (Fsp3) is 0.417. The van der Waals surface area contributed by atoms with E-state index in [4.69, 9.17) is 0 Å². The smallest absolute Gasteiger partial charge is 0.255 e. The number of hydrogen-bond donors (Lipinski definition) is 2. The first-order valence-electron chi connectivity index (χ1n) is 5.54. The van der Waals surface area contributed by atoms with E-state index in [1.54, 1.807) is 18.2 Å². The third-order valence-electron chi connectivity index (χ3n) is 2.93. The standard InChI is InChI=1S/C12H15IN2O2/c1-15-5-4-9(7-15)14-12(17)10-6-8(13)2-3-11(10)16/h2-3,6,9,16H,4-5,7H2,1H3,(H,14,17). The van der Waals surface area contributed by atoms with Crippen molar-refractivity contribution >= 4 is 28.5 Å². The predicted molar refractivity (Wildman–Crippen MR) is 74.2 cm³/mol. The first-order chi connectivity index (χ1) is 8.06. The van der Waals surface area contributed by atoms with Gasteiger partial charge in [-0.1, -0.05) is 0 Å². The zero-order valence-corrected chi connectivity index (χ0v) is 11.8. The van der Waals surface area contributed by atoms with Crippen LogP contribution in [0.4, 0.5) is 0 Å². The summed E-state index contributed by atoms with van der Waals surface area (Å²) in [6.45, 7) is 1.87. The van der Waals surface area contributed by atoms with Crippen molar-refractivity contribution < 1.29 is 9.90 Å². The molecule has 1 aromatic rings. The molecule has 0 aromatic heterocycles. The molecule has 1 aliphatic rings. The predicted octanol–water partition coefficient (Wildman–Crippen LogP) is 1.43. The van der Waals surface area contributed by atoms with Gasteiger partial charge in [-0.3, -0.25) is 4.79 Å². The number of phenols is 1. The van der Waals surface area contributed by atoms with Gasteiger partial charge in [-0.25, -0.2) is 0 Å². The summed E-state index contributed by atoms with van der Waals surface area (Å²) in [4.78, 5) is 14.2. The van der Waals surface area contributed by atoms with E-state index in [0.29, 0.717) is 5.56 Å². The molecule has 0 radical (unpaired) electrons. The molecule has 0 aliphatic carbocycles. The average Bonchev–Trinajstić information content (AvgIpc) is 2.67. The van der Waals surface area contributed by atoms with Crippen molar-refractivity contribution in [1.82, 2.24) is 10.2 Å². The molecule has 0 saturated carbocycles. The van der Waals surface area contributed by atoms with Crippen molar-refractivity contribution in [2.24, 2.45) is 0 Å². The normalized spacial score (nSPS) is 20.5. The van der Waals surface area contributed by atoms with Gasteiger partial charge in [0.2, 0.25) is 0 Å². The number of likely N-dealkylation sites (N-methyl/N-ethyl adjacent to an activating group) is 1. The van der Waals surface area contributed by atoms with Crippen molar-refractivity contribution in [3.63, 3.8) is 0 Å². The van der Waals surface area contributed by atoms with Crippen molar-refractivity contribution in [2.75, 3.05) is 20.1 Å². The molecule has 5 heteroatoms. The minimum atomic E-state index is -0.193. The molecule has 1 aliphatic heterocycles. The van der Waals surface area contributed by atoms with Crippen molar-refractivity contribution in [3.8, 4) is 5.75 Å². The molecular formula is C12H15IN2O2. The number of halogens is 1. The van der Waals surface area contributed by atoms with E-state index in [2.05, 4.69) is 32.8 Å². The Hall–Kier alpha value is -0.820. The van der Waals surface area contributed by atoms with Gasteiger partial charge in [0.15, 0.2) is 0 Å².